The molecule has 0 bridgehead atoms. The van der Waals surface area contributed by atoms with Crippen LogP contribution in [-0.2, 0) is 0 Å². The third kappa shape index (κ3) is 5.30. The Morgan fingerprint density at radius 2 is 1.79 bits per heavy atom. The molecule has 1 unspecified atom stereocenters. The minimum Gasteiger partial charge on any atom is -0.336 e. The zero-order chi connectivity index (χ0) is 14.3. The highest BCUT2D eigenvalue weighted by Crippen LogP contribution is 2.11. The summed E-state index contributed by atoms with van der Waals surface area (Å²) in [5.74, 6) is 0.458. The average molecular weight is 263 g/mol. The van der Waals surface area contributed by atoms with Crippen LogP contribution >= 0.6 is 0 Å². The summed E-state index contributed by atoms with van der Waals surface area (Å²) in [6.07, 6.45) is 2.08. The Bertz CT molecular complexity index is 385. The highest BCUT2D eigenvalue weighted by molar-refractivity contribution is 5.89. The minimum atomic E-state index is -0.203. The Kier molecular flexibility index (Phi) is 6.36. The fourth-order valence-corrected chi connectivity index (χ4v) is 2.08. The first-order valence-electron chi connectivity index (χ1n) is 6.93. The lowest BCUT2D eigenvalue weighted by Gasteiger charge is -2.21. The van der Waals surface area contributed by atoms with Crippen LogP contribution in [0.1, 0.15) is 32.3 Å². The smallest absolute Gasteiger partial charge is 0.319 e. The van der Waals surface area contributed by atoms with E-state index in [-0.39, 0.29) is 12.1 Å². The molecule has 0 spiro atoms. The summed E-state index contributed by atoms with van der Waals surface area (Å²) in [6.45, 7) is 6.77. The van der Waals surface area contributed by atoms with Crippen LogP contribution in [-0.4, -0.2) is 18.6 Å². The maximum absolute atomic E-state index is 11.7. The number of hydrogen-bond donors (Lipinski definition) is 3. The van der Waals surface area contributed by atoms with Gasteiger partial charge in [0.2, 0.25) is 0 Å². The lowest BCUT2D eigenvalue weighted by molar-refractivity contribution is 0.249. The van der Waals surface area contributed by atoms with Gasteiger partial charge < -0.3 is 16.4 Å². The second-order valence-corrected chi connectivity index (χ2v) is 4.94. The fraction of sp³-hybridized carbons (Fsp3) is 0.533. The van der Waals surface area contributed by atoms with Gasteiger partial charge in [-0.15, -0.1) is 0 Å². The van der Waals surface area contributed by atoms with Crippen molar-refractivity contribution in [3.8, 4) is 0 Å². The standard InChI is InChI=1S/C15H25N3O/c1-4-12(5-2)14(16)10-17-15(19)18-13-8-6-11(3)7-9-13/h6-9,12,14H,4-5,10,16H2,1-3H3,(H2,17,18,19). The van der Waals surface area contributed by atoms with Gasteiger partial charge >= 0.3 is 6.03 Å². The molecule has 0 heterocycles. The monoisotopic (exact) mass is 263 g/mol. The van der Waals surface area contributed by atoms with Crippen molar-refractivity contribution in [2.75, 3.05) is 11.9 Å². The van der Waals surface area contributed by atoms with E-state index in [0.717, 1.165) is 18.5 Å². The highest BCUT2D eigenvalue weighted by Gasteiger charge is 2.14. The molecule has 0 aliphatic carbocycles. The van der Waals surface area contributed by atoms with Crippen molar-refractivity contribution in [2.24, 2.45) is 11.7 Å². The SMILES string of the molecule is CCC(CC)C(N)CNC(=O)Nc1ccc(C)cc1. The van der Waals surface area contributed by atoms with E-state index in [0.29, 0.717) is 12.5 Å². The predicted molar refractivity (Wildman–Crippen MR) is 80.2 cm³/mol. The number of carbonyl (C=O) groups is 1. The predicted octanol–water partition coefficient (Wildman–Crippen LogP) is 2.88. The number of amides is 2. The van der Waals surface area contributed by atoms with Gasteiger partial charge in [0.05, 0.1) is 0 Å². The Balaban J connectivity index is 2.37. The largest absolute Gasteiger partial charge is 0.336 e. The summed E-state index contributed by atoms with van der Waals surface area (Å²) in [5, 5.41) is 5.61. The van der Waals surface area contributed by atoms with Crippen molar-refractivity contribution in [3.05, 3.63) is 29.8 Å². The summed E-state index contributed by atoms with van der Waals surface area (Å²) in [7, 11) is 0. The van der Waals surface area contributed by atoms with E-state index in [4.69, 9.17) is 5.73 Å². The van der Waals surface area contributed by atoms with Crippen LogP contribution in [0.15, 0.2) is 24.3 Å². The van der Waals surface area contributed by atoms with Gasteiger partial charge in [0.25, 0.3) is 0 Å². The maximum atomic E-state index is 11.7. The van der Waals surface area contributed by atoms with Crippen LogP contribution < -0.4 is 16.4 Å². The zero-order valence-electron chi connectivity index (χ0n) is 12.1. The molecule has 1 atom stereocenters. The van der Waals surface area contributed by atoms with Gasteiger partial charge in [0.1, 0.15) is 0 Å². The Morgan fingerprint density at radius 3 is 2.32 bits per heavy atom. The van der Waals surface area contributed by atoms with E-state index >= 15 is 0 Å². The van der Waals surface area contributed by atoms with Gasteiger partial charge in [0, 0.05) is 18.3 Å². The average Bonchev–Trinajstić information content (AvgIpc) is 2.40. The molecule has 1 aromatic carbocycles. The van der Waals surface area contributed by atoms with Crippen LogP contribution in [0, 0.1) is 12.8 Å². The van der Waals surface area contributed by atoms with Crippen molar-refractivity contribution in [2.45, 2.75) is 39.7 Å². The first-order valence-corrected chi connectivity index (χ1v) is 6.93. The molecule has 1 rings (SSSR count). The van der Waals surface area contributed by atoms with Gasteiger partial charge in [-0.05, 0) is 25.0 Å². The number of carbonyl (C=O) groups excluding carboxylic acids is 1. The molecule has 0 radical (unpaired) electrons. The number of rotatable bonds is 6. The van der Waals surface area contributed by atoms with Crippen LogP contribution in [0.4, 0.5) is 10.5 Å². The number of hydrogen-bond acceptors (Lipinski definition) is 2. The summed E-state index contributed by atoms with van der Waals surface area (Å²) >= 11 is 0. The summed E-state index contributed by atoms with van der Waals surface area (Å²) < 4.78 is 0. The number of anilines is 1. The molecule has 4 heteroatoms. The highest BCUT2D eigenvalue weighted by atomic mass is 16.2. The van der Waals surface area contributed by atoms with Crippen molar-refractivity contribution in [1.29, 1.82) is 0 Å². The zero-order valence-corrected chi connectivity index (χ0v) is 12.1. The molecule has 0 fully saturated rings. The second-order valence-electron chi connectivity index (χ2n) is 4.94. The third-order valence-electron chi connectivity index (χ3n) is 3.46. The topological polar surface area (TPSA) is 67.1 Å². The molecule has 4 nitrogen and oxygen atoms in total. The number of benzene rings is 1. The molecule has 0 aromatic heterocycles. The lowest BCUT2D eigenvalue weighted by Crippen LogP contribution is -2.43. The quantitative estimate of drug-likeness (QED) is 0.738. The number of nitrogens with two attached hydrogens (primary N) is 1. The minimum absolute atomic E-state index is 0.0127. The second kappa shape index (κ2) is 7.79. The Hall–Kier alpha value is -1.55. The van der Waals surface area contributed by atoms with Gasteiger partial charge in [-0.1, -0.05) is 44.4 Å². The van der Waals surface area contributed by atoms with E-state index in [1.807, 2.05) is 31.2 Å². The van der Waals surface area contributed by atoms with E-state index in [1.54, 1.807) is 0 Å². The van der Waals surface area contributed by atoms with Crippen LogP contribution in [0.25, 0.3) is 0 Å². The molecule has 19 heavy (non-hydrogen) atoms. The summed E-state index contributed by atoms with van der Waals surface area (Å²) in [6, 6.07) is 7.51. The number of aryl methyl sites for hydroxylation is 1. The lowest BCUT2D eigenvalue weighted by atomic mass is 9.95. The third-order valence-corrected chi connectivity index (χ3v) is 3.46. The molecule has 0 saturated heterocycles. The molecule has 4 N–H and O–H groups in total. The van der Waals surface area contributed by atoms with Crippen molar-refractivity contribution in [3.63, 3.8) is 0 Å². The summed E-state index contributed by atoms with van der Waals surface area (Å²) in [4.78, 5) is 11.7. The normalized spacial score (nSPS) is 12.3. The molecule has 0 aliphatic heterocycles. The number of urea groups is 1. The summed E-state index contributed by atoms with van der Waals surface area (Å²) in [5.41, 5.74) is 8.02. The van der Waals surface area contributed by atoms with Gasteiger partial charge in [-0.3, -0.25) is 0 Å². The van der Waals surface area contributed by atoms with Crippen molar-refractivity contribution >= 4 is 11.7 Å². The Morgan fingerprint density at radius 1 is 1.21 bits per heavy atom. The molecule has 1 aromatic rings. The van der Waals surface area contributed by atoms with Crippen LogP contribution in [0.5, 0.6) is 0 Å². The molecule has 106 valence electrons. The van der Waals surface area contributed by atoms with Gasteiger partial charge in [-0.2, -0.15) is 0 Å². The van der Waals surface area contributed by atoms with Gasteiger partial charge in [-0.25, -0.2) is 4.79 Å². The van der Waals surface area contributed by atoms with Crippen molar-refractivity contribution in [1.82, 2.24) is 5.32 Å². The van der Waals surface area contributed by atoms with E-state index in [2.05, 4.69) is 24.5 Å². The molecule has 2 amide bonds. The van der Waals surface area contributed by atoms with Crippen LogP contribution in [0.3, 0.4) is 0 Å². The van der Waals surface area contributed by atoms with E-state index in [1.165, 1.54) is 5.56 Å². The van der Waals surface area contributed by atoms with Crippen molar-refractivity contribution < 1.29 is 4.79 Å². The molecule has 0 saturated carbocycles. The van der Waals surface area contributed by atoms with E-state index < -0.39 is 0 Å². The van der Waals surface area contributed by atoms with Crippen LogP contribution in [0.2, 0.25) is 0 Å². The molecular formula is C15H25N3O. The molecular weight excluding hydrogens is 238 g/mol. The van der Waals surface area contributed by atoms with Gasteiger partial charge in [0.15, 0.2) is 0 Å². The maximum Gasteiger partial charge on any atom is 0.319 e. The van der Waals surface area contributed by atoms with E-state index in [9.17, 15) is 4.79 Å². The molecule has 0 aliphatic rings. The number of nitrogens with one attached hydrogen (secondary N) is 2. The fourth-order valence-electron chi connectivity index (χ4n) is 2.08. The first kappa shape index (κ1) is 15.5. The first-order chi connectivity index (χ1) is 9.06. The Labute approximate surface area is 115 Å².